The van der Waals surface area contributed by atoms with Gasteiger partial charge in [0.1, 0.15) is 10.8 Å². The standard InChI is InChI=1S/C30H32N4S/c1-3-21-17-20(16-19(21)2)6-4-7-26-24-18-25(24)28-23(30-33-14-15-35-30)10-8-22(29(28)34-26)9-11-27-31-12-5-13-32-27/h4-5,7-8,10,12-16,20-21,24-25H,3,6,9,11,17-18H2,1-2H3/b7-4+. The third-order valence-corrected chi connectivity index (χ3v) is 8.74. The second-order valence-electron chi connectivity index (χ2n) is 10.2. The Hall–Kier alpha value is -2.92. The van der Waals surface area contributed by atoms with Gasteiger partial charge < -0.3 is 0 Å². The lowest BCUT2D eigenvalue weighted by Gasteiger charge is -2.20. The molecule has 1 saturated carbocycles. The van der Waals surface area contributed by atoms with E-state index >= 15 is 0 Å². The first-order chi connectivity index (χ1) is 17.2. The van der Waals surface area contributed by atoms with Crippen molar-refractivity contribution < 1.29 is 0 Å². The van der Waals surface area contributed by atoms with E-state index in [1.165, 1.54) is 47.4 Å². The van der Waals surface area contributed by atoms with Crippen molar-refractivity contribution in [2.45, 2.75) is 58.3 Å². The van der Waals surface area contributed by atoms with Gasteiger partial charge in [0.2, 0.25) is 0 Å². The minimum Gasteiger partial charge on any atom is -0.253 e. The highest BCUT2D eigenvalue weighted by Crippen LogP contribution is 2.58. The van der Waals surface area contributed by atoms with Gasteiger partial charge in [-0.05, 0) is 80.1 Å². The summed E-state index contributed by atoms with van der Waals surface area (Å²) in [6.07, 6.45) is 19.4. The molecule has 3 aromatic rings. The van der Waals surface area contributed by atoms with Crippen LogP contribution in [-0.2, 0) is 12.8 Å². The molecule has 3 aliphatic rings. The smallest absolute Gasteiger partial charge is 0.128 e. The number of benzene rings is 1. The highest BCUT2D eigenvalue weighted by molar-refractivity contribution is 7.13. The first kappa shape index (κ1) is 22.5. The SMILES string of the molecule is CCC1CC(C/C=C/C2=Nc3c(CCc4ncccn4)ccc(-c4nccs4)c3C3CC23)C=C1C. The van der Waals surface area contributed by atoms with Crippen LogP contribution in [0.3, 0.4) is 0 Å². The Kier molecular flexibility index (Phi) is 6.19. The fourth-order valence-electron chi connectivity index (χ4n) is 5.97. The van der Waals surface area contributed by atoms with Crippen LogP contribution < -0.4 is 0 Å². The number of hydrogen-bond acceptors (Lipinski definition) is 5. The Morgan fingerprint density at radius 2 is 1.91 bits per heavy atom. The van der Waals surface area contributed by atoms with E-state index in [0.717, 1.165) is 36.0 Å². The molecular weight excluding hydrogens is 448 g/mol. The van der Waals surface area contributed by atoms with Gasteiger partial charge in [-0.15, -0.1) is 11.3 Å². The number of aromatic nitrogens is 3. The fraction of sp³-hybridized carbons (Fsp3) is 0.400. The molecule has 0 amide bonds. The van der Waals surface area contributed by atoms with Crippen LogP contribution in [0.4, 0.5) is 5.69 Å². The van der Waals surface area contributed by atoms with Gasteiger partial charge in [-0.2, -0.15) is 0 Å². The number of allylic oxidation sites excluding steroid dienone is 4. The van der Waals surface area contributed by atoms with Crippen molar-refractivity contribution in [3.05, 3.63) is 82.9 Å². The first-order valence-corrected chi connectivity index (χ1v) is 13.8. The summed E-state index contributed by atoms with van der Waals surface area (Å²) in [5.41, 5.74) is 8.00. The van der Waals surface area contributed by atoms with Crippen LogP contribution in [0, 0.1) is 17.8 Å². The second-order valence-corrected chi connectivity index (χ2v) is 11.1. The second kappa shape index (κ2) is 9.62. The number of hydrogen-bond donors (Lipinski definition) is 0. The van der Waals surface area contributed by atoms with Gasteiger partial charge >= 0.3 is 0 Å². The predicted octanol–water partition coefficient (Wildman–Crippen LogP) is 7.51. The van der Waals surface area contributed by atoms with Crippen LogP contribution in [0.25, 0.3) is 10.6 Å². The minimum atomic E-state index is 0.550. The third-order valence-electron chi connectivity index (χ3n) is 7.93. The average molecular weight is 481 g/mol. The maximum Gasteiger partial charge on any atom is 0.128 e. The van der Waals surface area contributed by atoms with Gasteiger partial charge in [0.15, 0.2) is 0 Å². The fourth-order valence-corrected chi connectivity index (χ4v) is 6.65. The van der Waals surface area contributed by atoms with Crippen molar-refractivity contribution in [2.24, 2.45) is 22.7 Å². The Balaban J connectivity index is 1.29. The number of nitrogens with zero attached hydrogens (tertiary/aromatic N) is 4. The lowest BCUT2D eigenvalue weighted by molar-refractivity contribution is 0.502. The molecular formula is C30H32N4S. The van der Waals surface area contributed by atoms with E-state index in [1.54, 1.807) is 16.9 Å². The quantitative estimate of drug-likeness (QED) is 0.313. The summed E-state index contributed by atoms with van der Waals surface area (Å²) in [5.74, 6) is 3.46. The normalized spacial score (nSPS) is 24.7. The molecule has 2 aromatic heterocycles. The third kappa shape index (κ3) is 4.54. The van der Waals surface area contributed by atoms with Gasteiger partial charge in [0.25, 0.3) is 0 Å². The van der Waals surface area contributed by atoms with Gasteiger partial charge in [0, 0.05) is 47.6 Å². The zero-order valence-electron chi connectivity index (χ0n) is 20.5. The summed E-state index contributed by atoms with van der Waals surface area (Å²) in [6, 6.07) is 6.39. The van der Waals surface area contributed by atoms with Crippen LogP contribution in [0.15, 0.2) is 71.0 Å². The molecule has 4 atom stereocenters. The van der Waals surface area contributed by atoms with Crippen LogP contribution in [0.1, 0.15) is 62.4 Å². The molecule has 0 spiro atoms. The van der Waals surface area contributed by atoms with E-state index in [1.807, 2.05) is 24.7 Å². The molecule has 3 heterocycles. The minimum absolute atomic E-state index is 0.550. The maximum absolute atomic E-state index is 5.31. The molecule has 5 heteroatoms. The van der Waals surface area contributed by atoms with Crippen molar-refractivity contribution in [3.8, 4) is 10.6 Å². The molecule has 1 fully saturated rings. The lowest BCUT2D eigenvalue weighted by atomic mass is 9.91. The van der Waals surface area contributed by atoms with E-state index in [0.29, 0.717) is 17.8 Å². The monoisotopic (exact) mass is 480 g/mol. The zero-order chi connectivity index (χ0) is 23.8. The largest absolute Gasteiger partial charge is 0.253 e. The molecule has 35 heavy (non-hydrogen) atoms. The lowest BCUT2D eigenvalue weighted by Crippen LogP contribution is -2.08. The zero-order valence-corrected chi connectivity index (χ0v) is 21.3. The van der Waals surface area contributed by atoms with Gasteiger partial charge in [-0.3, -0.25) is 4.99 Å². The van der Waals surface area contributed by atoms with E-state index < -0.39 is 0 Å². The molecule has 0 bridgehead atoms. The van der Waals surface area contributed by atoms with E-state index in [9.17, 15) is 0 Å². The molecule has 0 saturated heterocycles. The van der Waals surface area contributed by atoms with E-state index in [4.69, 9.17) is 4.99 Å². The summed E-state index contributed by atoms with van der Waals surface area (Å²) < 4.78 is 0. The van der Waals surface area contributed by atoms with Crippen LogP contribution in [-0.4, -0.2) is 20.7 Å². The predicted molar refractivity (Wildman–Crippen MR) is 144 cm³/mol. The summed E-state index contributed by atoms with van der Waals surface area (Å²) >= 11 is 1.72. The van der Waals surface area contributed by atoms with Crippen molar-refractivity contribution in [3.63, 3.8) is 0 Å². The van der Waals surface area contributed by atoms with Gasteiger partial charge in [-0.25, -0.2) is 15.0 Å². The van der Waals surface area contributed by atoms with E-state index in [-0.39, 0.29) is 0 Å². The molecule has 2 aliphatic carbocycles. The molecule has 6 rings (SSSR count). The molecule has 4 unspecified atom stereocenters. The van der Waals surface area contributed by atoms with Crippen LogP contribution >= 0.6 is 11.3 Å². The molecule has 0 radical (unpaired) electrons. The topological polar surface area (TPSA) is 51.0 Å². The molecule has 1 aliphatic heterocycles. The number of rotatable bonds is 8. The summed E-state index contributed by atoms with van der Waals surface area (Å²) in [7, 11) is 0. The Bertz CT molecular complexity index is 1290. The first-order valence-electron chi connectivity index (χ1n) is 13.0. The van der Waals surface area contributed by atoms with Crippen LogP contribution in [0.2, 0.25) is 0 Å². The van der Waals surface area contributed by atoms with E-state index in [2.05, 4.69) is 64.5 Å². The van der Waals surface area contributed by atoms with Gasteiger partial charge in [0.05, 0.1) is 5.69 Å². The summed E-state index contributed by atoms with van der Waals surface area (Å²) in [5, 5.41) is 3.17. The van der Waals surface area contributed by atoms with Gasteiger partial charge in [-0.1, -0.05) is 36.8 Å². The Morgan fingerprint density at radius 3 is 2.69 bits per heavy atom. The highest BCUT2D eigenvalue weighted by atomic mass is 32.1. The van der Waals surface area contributed by atoms with Crippen molar-refractivity contribution in [1.29, 1.82) is 0 Å². The summed E-state index contributed by atoms with van der Waals surface area (Å²) in [4.78, 5) is 18.8. The van der Waals surface area contributed by atoms with Crippen molar-refractivity contribution >= 4 is 22.7 Å². The molecule has 178 valence electrons. The average Bonchev–Trinajstić information content (AvgIpc) is 3.34. The summed E-state index contributed by atoms with van der Waals surface area (Å²) in [6.45, 7) is 4.61. The Morgan fingerprint density at radius 1 is 1.03 bits per heavy atom. The van der Waals surface area contributed by atoms with Crippen molar-refractivity contribution in [2.75, 3.05) is 0 Å². The number of thiazole rings is 1. The molecule has 1 aromatic carbocycles. The van der Waals surface area contributed by atoms with Crippen LogP contribution in [0.5, 0.6) is 0 Å². The van der Waals surface area contributed by atoms with Crippen molar-refractivity contribution in [1.82, 2.24) is 15.0 Å². The number of aryl methyl sites for hydroxylation is 2. The number of aliphatic imine (C=N–C) groups is 1. The molecule has 4 nitrogen and oxygen atoms in total. The Labute approximate surface area is 212 Å². The maximum atomic E-state index is 5.31. The molecule has 0 N–H and O–H groups in total. The highest BCUT2D eigenvalue weighted by Gasteiger charge is 2.47. The number of fused-ring (bicyclic) bond motifs is 3.